The fourth-order valence-corrected chi connectivity index (χ4v) is 1.40. The Balaban J connectivity index is 2.07. The molecule has 0 spiro atoms. The van der Waals surface area contributed by atoms with Gasteiger partial charge in [-0.1, -0.05) is 11.6 Å². The maximum absolute atomic E-state index is 10.4. The lowest BCUT2D eigenvalue weighted by atomic mass is 10.3. The van der Waals surface area contributed by atoms with E-state index in [2.05, 4.69) is 10.2 Å². The van der Waals surface area contributed by atoms with E-state index < -0.39 is 4.92 Å². The number of nitrogens with zero attached hydrogens (tertiary/aromatic N) is 3. The number of benzene rings is 1. The number of hydrogen-bond donors (Lipinski definition) is 0. The molecular weight excluding hydrogens is 246 g/mol. The van der Waals surface area contributed by atoms with E-state index in [-0.39, 0.29) is 5.69 Å². The van der Waals surface area contributed by atoms with Gasteiger partial charge in [-0.3, -0.25) is 10.1 Å². The van der Waals surface area contributed by atoms with Crippen molar-refractivity contribution in [1.29, 1.82) is 0 Å². The fourth-order valence-electron chi connectivity index (χ4n) is 1.26. The molecule has 1 aliphatic heterocycles. The Morgan fingerprint density at radius 3 is 2.47 bits per heavy atom. The summed E-state index contributed by atoms with van der Waals surface area (Å²) < 4.78 is 5.40. The number of nitro groups is 1. The van der Waals surface area contributed by atoms with Gasteiger partial charge in [0.15, 0.2) is 0 Å². The Hall–Kier alpha value is -1.95. The highest BCUT2D eigenvalue weighted by molar-refractivity contribution is 6.65. The molecule has 0 bridgehead atoms. The zero-order valence-electron chi connectivity index (χ0n) is 8.67. The average Bonchev–Trinajstić information content (AvgIpc) is 2.33. The number of nitro benzene ring substituents is 1. The summed E-state index contributed by atoms with van der Waals surface area (Å²) in [5.74, 6) is 0.936. The minimum Gasteiger partial charge on any atom is -0.441 e. The SMILES string of the molecule is O=[N+]([O-])c1ccc(OC2=NN=C(Cl)CC2)cc1. The third-order valence-electron chi connectivity index (χ3n) is 2.10. The van der Waals surface area contributed by atoms with Crippen molar-refractivity contribution in [2.45, 2.75) is 12.8 Å². The summed E-state index contributed by atoms with van der Waals surface area (Å²) in [6.07, 6.45) is 1.16. The van der Waals surface area contributed by atoms with Crippen molar-refractivity contribution in [3.05, 3.63) is 34.4 Å². The molecule has 0 radical (unpaired) electrons. The summed E-state index contributed by atoms with van der Waals surface area (Å²) >= 11 is 5.65. The van der Waals surface area contributed by atoms with Crippen molar-refractivity contribution in [3.8, 4) is 5.75 Å². The van der Waals surface area contributed by atoms with Gasteiger partial charge in [0.25, 0.3) is 5.69 Å². The Morgan fingerprint density at radius 2 is 1.94 bits per heavy atom. The molecule has 17 heavy (non-hydrogen) atoms. The van der Waals surface area contributed by atoms with Crippen molar-refractivity contribution in [3.63, 3.8) is 0 Å². The first-order chi connectivity index (χ1) is 8.15. The molecule has 1 heterocycles. The van der Waals surface area contributed by atoms with Gasteiger partial charge < -0.3 is 4.74 Å². The van der Waals surface area contributed by atoms with Crippen LogP contribution in [0.2, 0.25) is 0 Å². The second-order valence-electron chi connectivity index (χ2n) is 3.32. The van der Waals surface area contributed by atoms with Crippen LogP contribution in [0.25, 0.3) is 0 Å². The normalized spacial score (nSPS) is 14.9. The van der Waals surface area contributed by atoms with Crippen LogP contribution < -0.4 is 4.74 Å². The highest BCUT2D eigenvalue weighted by Gasteiger charge is 2.11. The fraction of sp³-hybridized carbons (Fsp3) is 0.200. The largest absolute Gasteiger partial charge is 0.441 e. The van der Waals surface area contributed by atoms with Crippen molar-refractivity contribution >= 4 is 28.4 Å². The zero-order chi connectivity index (χ0) is 12.3. The van der Waals surface area contributed by atoms with Gasteiger partial charge in [-0.15, -0.1) is 10.2 Å². The lowest BCUT2D eigenvalue weighted by Crippen LogP contribution is -2.12. The number of ether oxygens (including phenoxy) is 1. The van der Waals surface area contributed by atoms with Crippen molar-refractivity contribution in [2.24, 2.45) is 10.2 Å². The molecule has 7 heteroatoms. The van der Waals surface area contributed by atoms with E-state index in [1.165, 1.54) is 24.3 Å². The smallest absolute Gasteiger partial charge is 0.269 e. The molecular formula is C10H8ClN3O3. The molecule has 1 aromatic rings. The van der Waals surface area contributed by atoms with Crippen LogP contribution in [0.1, 0.15) is 12.8 Å². The van der Waals surface area contributed by atoms with E-state index in [9.17, 15) is 10.1 Å². The van der Waals surface area contributed by atoms with Gasteiger partial charge in [-0.2, -0.15) is 0 Å². The van der Waals surface area contributed by atoms with Crippen LogP contribution in [0.4, 0.5) is 5.69 Å². The highest BCUT2D eigenvalue weighted by Crippen LogP contribution is 2.19. The summed E-state index contributed by atoms with van der Waals surface area (Å²) in [5, 5.41) is 18.4. The molecule has 0 atom stereocenters. The Labute approximate surface area is 102 Å². The first kappa shape index (κ1) is 11.5. The van der Waals surface area contributed by atoms with Gasteiger partial charge in [0, 0.05) is 25.0 Å². The standard InChI is InChI=1S/C10H8ClN3O3/c11-9-5-6-10(13-12-9)17-8-3-1-7(2-4-8)14(15)16/h1-4H,5-6H2. The molecule has 0 fully saturated rings. The molecule has 6 nitrogen and oxygen atoms in total. The van der Waals surface area contributed by atoms with Gasteiger partial charge in [-0.25, -0.2) is 0 Å². The van der Waals surface area contributed by atoms with E-state index in [1.54, 1.807) is 0 Å². The van der Waals surface area contributed by atoms with Gasteiger partial charge in [-0.05, 0) is 12.1 Å². The van der Waals surface area contributed by atoms with E-state index in [0.717, 1.165) is 0 Å². The number of rotatable bonds is 2. The number of halogens is 1. The summed E-state index contributed by atoms with van der Waals surface area (Å²) in [6.45, 7) is 0. The molecule has 0 aromatic heterocycles. The molecule has 0 amide bonds. The highest BCUT2D eigenvalue weighted by atomic mass is 35.5. The first-order valence-electron chi connectivity index (χ1n) is 4.86. The lowest BCUT2D eigenvalue weighted by Gasteiger charge is -2.09. The predicted molar refractivity (Wildman–Crippen MR) is 63.7 cm³/mol. The van der Waals surface area contributed by atoms with Gasteiger partial charge in [0.05, 0.1) is 4.92 Å². The lowest BCUT2D eigenvalue weighted by molar-refractivity contribution is -0.384. The summed E-state index contributed by atoms with van der Waals surface area (Å²) in [4.78, 5) is 9.98. The monoisotopic (exact) mass is 253 g/mol. The second kappa shape index (κ2) is 4.92. The Kier molecular flexibility index (Phi) is 3.34. The van der Waals surface area contributed by atoms with Gasteiger partial charge >= 0.3 is 0 Å². The molecule has 1 aliphatic rings. The molecule has 2 rings (SSSR count). The average molecular weight is 254 g/mol. The van der Waals surface area contributed by atoms with Crippen LogP contribution in [0, 0.1) is 10.1 Å². The summed E-state index contributed by atoms with van der Waals surface area (Å²) in [6, 6.07) is 5.77. The minimum absolute atomic E-state index is 0.0176. The molecule has 88 valence electrons. The summed E-state index contributed by atoms with van der Waals surface area (Å²) in [5.41, 5.74) is 0.0176. The topological polar surface area (TPSA) is 77.1 Å². The maximum Gasteiger partial charge on any atom is 0.269 e. The summed E-state index contributed by atoms with van der Waals surface area (Å²) in [7, 11) is 0. The quantitative estimate of drug-likeness (QED) is 0.600. The predicted octanol–water partition coefficient (Wildman–Crippen LogP) is 2.72. The van der Waals surface area contributed by atoms with Crippen molar-refractivity contribution < 1.29 is 9.66 Å². The Morgan fingerprint density at radius 1 is 1.24 bits per heavy atom. The van der Waals surface area contributed by atoms with E-state index in [4.69, 9.17) is 16.3 Å². The van der Waals surface area contributed by atoms with Crippen LogP contribution in [0.3, 0.4) is 0 Å². The third-order valence-corrected chi connectivity index (χ3v) is 2.36. The van der Waals surface area contributed by atoms with Crippen molar-refractivity contribution in [2.75, 3.05) is 0 Å². The van der Waals surface area contributed by atoms with Crippen LogP contribution in [0.15, 0.2) is 34.5 Å². The van der Waals surface area contributed by atoms with Crippen LogP contribution >= 0.6 is 11.6 Å². The third kappa shape index (κ3) is 3.01. The van der Waals surface area contributed by atoms with Crippen LogP contribution in [0.5, 0.6) is 5.75 Å². The van der Waals surface area contributed by atoms with E-state index >= 15 is 0 Å². The molecule has 0 aliphatic carbocycles. The number of hydrogen-bond acceptors (Lipinski definition) is 5. The van der Waals surface area contributed by atoms with Crippen LogP contribution in [-0.2, 0) is 0 Å². The second-order valence-corrected chi connectivity index (χ2v) is 3.76. The zero-order valence-corrected chi connectivity index (χ0v) is 9.42. The van der Waals surface area contributed by atoms with E-state index in [1.807, 2.05) is 0 Å². The van der Waals surface area contributed by atoms with Gasteiger partial charge in [0.2, 0.25) is 5.90 Å². The first-order valence-corrected chi connectivity index (χ1v) is 5.24. The molecule has 0 N–H and O–H groups in total. The van der Waals surface area contributed by atoms with Gasteiger partial charge in [0.1, 0.15) is 10.9 Å². The maximum atomic E-state index is 10.4. The Bertz CT molecular complexity index is 496. The number of non-ortho nitro benzene ring substituents is 1. The minimum atomic E-state index is -0.466. The molecule has 1 aromatic carbocycles. The van der Waals surface area contributed by atoms with Crippen molar-refractivity contribution in [1.82, 2.24) is 0 Å². The molecule has 0 saturated heterocycles. The molecule has 0 saturated carbocycles. The van der Waals surface area contributed by atoms with Crippen LogP contribution in [-0.4, -0.2) is 16.0 Å². The molecule has 0 unspecified atom stereocenters. The van der Waals surface area contributed by atoms with E-state index in [0.29, 0.717) is 29.7 Å².